The Balaban J connectivity index is 3.02. The smallest absolute Gasteiger partial charge is 0.240 e. The molecule has 0 fully saturated rings. The maximum absolute atomic E-state index is 12.2. The van der Waals surface area contributed by atoms with Gasteiger partial charge in [0.05, 0.1) is 15.6 Å². The fourth-order valence-corrected chi connectivity index (χ4v) is 3.09. The maximum atomic E-state index is 12.2. The molecule has 0 bridgehead atoms. The molecule has 1 rings (SSSR count). The van der Waals surface area contributed by atoms with E-state index in [0.29, 0.717) is 17.1 Å². The van der Waals surface area contributed by atoms with E-state index in [9.17, 15) is 8.42 Å². The zero-order valence-electron chi connectivity index (χ0n) is 11.5. The highest BCUT2D eigenvalue weighted by Crippen LogP contribution is 2.27. The first-order valence-corrected chi connectivity index (χ1v) is 8.78. The lowest BCUT2D eigenvalue weighted by atomic mass is 10.2. The molecule has 0 spiro atoms. The van der Waals surface area contributed by atoms with E-state index >= 15 is 0 Å². The van der Waals surface area contributed by atoms with Gasteiger partial charge in [-0.15, -0.1) is 0 Å². The minimum absolute atomic E-state index is 0.142. The first-order chi connectivity index (χ1) is 8.59. The van der Waals surface area contributed by atoms with E-state index < -0.39 is 10.0 Å². The van der Waals surface area contributed by atoms with Gasteiger partial charge in [0.25, 0.3) is 0 Å². The third-order valence-corrected chi connectivity index (χ3v) is 5.95. The molecule has 0 radical (unpaired) electrons. The van der Waals surface area contributed by atoms with Crippen LogP contribution in [0.5, 0.6) is 0 Å². The molecule has 0 heterocycles. The van der Waals surface area contributed by atoms with Gasteiger partial charge in [0.1, 0.15) is 0 Å². The summed E-state index contributed by atoms with van der Waals surface area (Å²) in [6.45, 7) is 6.02. The molecule has 4 nitrogen and oxygen atoms in total. The minimum atomic E-state index is -3.57. The van der Waals surface area contributed by atoms with E-state index in [1.165, 1.54) is 12.1 Å². The highest BCUT2D eigenvalue weighted by molar-refractivity contribution is 8.00. The number of halogens is 1. The van der Waals surface area contributed by atoms with E-state index in [4.69, 9.17) is 17.3 Å². The van der Waals surface area contributed by atoms with E-state index in [2.05, 4.69) is 4.72 Å². The first kappa shape index (κ1) is 16.6. The molecule has 0 aliphatic rings. The van der Waals surface area contributed by atoms with Crippen LogP contribution in [0, 0.1) is 6.92 Å². The Hall–Kier alpha value is -0.430. The van der Waals surface area contributed by atoms with E-state index in [-0.39, 0.29) is 15.3 Å². The van der Waals surface area contributed by atoms with Crippen LogP contribution in [-0.2, 0) is 10.0 Å². The third-order valence-electron chi connectivity index (χ3n) is 2.81. The zero-order chi connectivity index (χ0) is 14.8. The van der Waals surface area contributed by atoms with Crippen molar-refractivity contribution < 1.29 is 8.42 Å². The molecule has 3 N–H and O–H groups in total. The summed E-state index contributed by atoms with van der Waals surface area (Å²) in [5.74, 6) is 0. The summed E-state index contributed by atoms with van der Waals surface area (Å²) in [5.41, 5.74) is 6.61. The molecule has 0 aromatic heterocycles. The second-order valence-corrected chi connectivity index (χ2v) is 8.59. The predicted octanol–water partition coefficient (Wildman–Crippen LogP) is 2.65. The Labute approximate surface area is 124 Å². The number of anilines is 1. The van der Waals surface area contributed by atoms with Crippen molar-refractivity contribution in [1.82, 2.24) is 4.72 Å². The fourth-order valence-electron chi connectivity index (χ4n) is 1.34. The maximum Gasteiger partial charge on any atom is 0.240 e. The normalized spacial score (nSPS) is 12.7. The van der Waals surface area contributed by atoms with E-state index in [1.807, 2.05) is 20.1 Å². The van der Waals surface area contributed by atoms with Crippen molar-refractivity contribution in [3.8, 4) is 0 Å². The Morgan fingerprint density at radius 2 is 2.00 bits per heavy atom. The molecular formula is C12H19ClN2O2S2. The van der Waals surface area contributed by atoms with Crippen molar-refractivity contribution in [1.29, 1.82) is 0 Å². The van der Waals surface area contributed by atoms with Gasteiger partial charge < -0.3 is 5.73 Å². The average molecular weight is 323 g/mol. The SMILES string of the molecule is CSC(C)(C)CNS(=O)(=O)c1cc(C)c(Cl)c(N)c1. The van der Waals surface area contributed by atoms with E-state index in [0.717, 1.165) is 0 Å². The molecule has 0 amide bonds. The van der Waals surface area contributed by atoms with Crippen LogP contribution >= 0.6 is 23.4 Å². The number of nitrogens with one attached hydrogen (secondary N) is 1. The lowest BCUT2D eigenvalue weighted by molar-refractivity contribution is 0.570. The van der Waals surface area contributed by atoms with Crippen molar-refractivity contribution in [2.24, 2.45) is 0 Å². The number of thioether (sulfide) groups is 1. The summed E-state index contributed by atoms with van der Waals surface area (Å²) in [4.78, 5) is 0.142. The summed E-state index contributed by atoms with van der Waals surface area (Å²) in [6.07, 6.45) is 1.94. The third kappa shape index (κ3) is 4.27. The Morgan fingerprint density at radius 3 is 2.47 bits per heavy atom. The molecule has 0 saturated carbocycles. The standard InChI is InChI=1S/C12H19ClN2O2S2/c1-8-5-9(6-10(14)11(8)13)19(16,17)15-7-12(2,3)18-4/h5-6,15H,7,14H2,1-4H3. The molecule has 0 unspecified atom stereocenters. The van der Waals surface area contributed by atoms with Crippen LogP contribution in [0.1, 0.15) is 19.4 Å². The van der Waals surface area contributed by atoms with Gasteiger partial charge in [0.15, 0.2) is 0 Å². The monoisotopic (exact) mass is 322 g/mol. The van der Waals surface area contributed by atoms with E-state index in [1.54, 1.807) is 18.7 Å². The molecule has 7 heteroatoms. The Kier molecular flexibility index (Phi) is 5.17. The number of rotatable bonds is 5. The molecule has 108 valence electrons. The summed E-state index contributed by atoms with van der Waals surface area (Å²) in [6, 6.07) is 2.90. The van der Waals surface area contributed by atoms with Crippen LogP contribution in [-0.4, -0.2) is 26.0 Å². The lowest BCUT2D eigenvalue weighted by Crippen LogP contribution is -2.36. The number of nitrogen functional groups attached to an aromatic ring is 1. The lowest BCUT2D eigenvalue weighted by Gasteiger charge is -2.22. The van der Waals surface area contributed by atoms with Crippen LogP contribution in [0.4, 0.5) is 5.69 Å². The first-order valence-electron chi connectivity index (χ1n) is 5.69. The quantitative estimate of drug-likeness (QED) is 0.817. The molecular weight excluding hydrogens is 304 g/mol. The number of nitrogens with two attached hydrogens (primary N) is 1. The minimum Gasteiger partial charge on any atom is -0.397 e. The van der Waals surface area contributed by atoms with Crippen molar-refractivity contribution in [2.45, 2.75) is 30.4 Å². The molecule has 1 aromatic carbocycles. The molecule has 19 heavy (non-hydrogen) atoms. The van der Waals surface area contributed by atoms with Crippen molar-refractivity contribution >= 4 is 39.1 Å². The molecule has 0 aliphatic heterocycles. The highest BCUT2D eigenvalue weighted by atomic mass is 35.5. The van der Waals surface area contributed by atoms with Gasteiger partial charge in [-0.2, -0.15) is 11.8 Å². The van der Waals surface area contributed by atoms with Gasteiger partial charge in [-0.05, 0) is 44.7 Å². The number of aryl methyl sites for hydroxylation is 1. The fraction of sp³-hybridized carbons (Fsp3) is 0.500. The molecule has 1 aromatic rings. The second kappa shape index (κ2) is 5.91. The summed E-state index contributed by atoms with van der Waals surface area (Å²) in [5, 5.41) is 0.392. The Bertz CT molecular complexity index is 548. The summed E-state index contributed by atoms with van der Waals surface area (Å²) in [7, 11) is -3.57. The van der Waals surface area contributed by atoms with Crippen LogP contribution in [0.15, 0.2) is 17.0 Å². The molecule has 0 saturated heterocycles. The van der Waals surface area contributed by atoms with Crippen LogP contribution in [0.3, 0.4) is 0 Å². The molecule has 0 atom stereocenters. The van der Waals surface area contributed by atoms with Crippen molar-refractivity contribution in [3.05, 3.63) is 22.7 Å². The predicted molar refractivity (Wildman–Crippen MR) is 83.4 cm³/mol. The van der Waals surface area contributed by atoms with Crippen molar-refractivity contribution in [3.63, 3.8) is 0 Å². The van der Waals surface area contributed by atoms with Crippen LogP contribution in [0.2, 0.25) is 5.02 Å². The number of hydrogen-bond donors (Lipinski definition) is 2. The number of hydrogen-bond acceptors (Lipinski definition) is 4. The van der Waals surface area contributed by atoms with Crippen LogP contribution < -0.4 is 10.5 Å². The molecule has 0 aliphatic carbocycles. The number of benzene rings is 1. The van der Waals surface area contributed by atoms with Gasteiger partial charge in [0, 0.05) is 11.3 Å². The number of sulfonamides is 1. The zero-order valence-corrected chi connectivity index (χ0v) is 13.8. The summed E-state index contributed by atoms with van der Waals surface area (Å²) >= 11 is 7.53. The Morgan fingerprint density at radius 1 is 1.42 bits per heavy atom. The topological polar surface area (TPSA) is 72.2 Å². The average Bonchev–Trinajstić information content (AvgIpc) is 2.33. The van der Waals surface area contributed by atoms with Gasteiger partial charge in [-0.25, -0.2) is 13.1 Å². The highest BCUT2D eigenvalue weighted by Gasteiger charge is 2.22. The second-order valence-electron chi connectivity index (χ2n) is 4.93. The van der Waals surface area contributed by atoms with Gasteiger partial charge in [0.2, 0.25) is 10.0 Å². The van der Waals surface area contributed by atoms with Crippen molar-refractivity contribution in [2.75, 3.05) is 18.5 Å². The summed E-state index contributed by atoms with van der Waals surface area (Å²) < 4.78 is 26.8. The largest absolute Gasteiger partial charge is 0.397 e. The van der Waals surface area contributed by atoms with Gasteiger partial charge >= 0.3 is 0 Å². The van der Waals surface area contributed by atoms with Gasteiger partial charge in [-0.1, -0.05) is 11.6 Å². The van der Waals surface area contributed by atoms with Crippen LogP contribution in [0.25, 0.3) is 0 Å². The van der Waals surface area contributed by atoms with Gasteiger partial charge in [-0.3, -0.25) is 0 Å².